The van der Waals surface area contributed by atoms with Crippen molar-refractivity contribution in [2.24, 2.45) is 5.73 Å². The summed E-state index contributed by atoms with van der Waals surface area (Å²) in [4.78, 5) is 15.2. The number of amides is 1. The molecule has 0 aliphatic carbocycles. The largest absolute Gasteiger partial charge is 0.496 e. The fourth-order valence-electron chi connectivity index (χ4n) is 1.42. The summed E-state index contributed by atoms with van der Waals surface area (Å²) in [6.07, 6.45) is 1.72. The van der Waals surface area contributed by atoms with E-state index in [1.54, 1.807) is 19.4 Å². The molecule has 78 valence electrons. The first-order chi connectivity index (χ1) is 7.15. The number of nitrogen functional groups attached to an aromatic ring is 1. The molecule has 0 saturated carbocycles. The van der Waals surface area contributed by atoms with Gasteiger partial charge in [0.25, 0.3) is 10.7 Å². The van der Waals surface area contributed by atoms with Gasteiger partial charge in [-0.15, -0.1) is 0 Å². The number of hydrogen-bond acceptors (Lipinski definition) is 4. The van der Waals surface area contributed by atoms with Gasteiger partial charge in [-0.25, -0.2) is 4.98 Å². The Labute approximate surface area is 89.7 Å². The van der Waals surface area contributed by atoms with Crippen LogP contribution < -0.4 is 21.2 Å². The highest BCUT2D eigenvalue weighted by molar-refractivity contribution is 7.20. The van der Waals surface area contributed by atoms with Crippen LogP contribution in [-0.2, 0) is 0 Å². The maximum Gasteiger partial charge on any atom is 0.273 e. The van der Waals surface area contributed by atoms with Gasteiger partial charge in [-0.05, 0) is 0 Å². The fourth-order valence-corrected chi connectivity index (χ4v) is 2.38. The lowest BCUT2D eigenvalue weighted by molar-refractivity contribution is -0.341. The number of thiophene rings is 1. The Hall–Kier alpha value is -1.82. The van der Waals surface area contributed by atoms with Crippen LogP contribution >= 0.6 is 11.3 Å². The van der Waals surface area contributed by atoms with Crippen molar-refractivity contribution in [2.75, 3.05) is 12.8 Å². The Morgan fingerprint density at radius 3 is 2.93 bits per heavy atom. The quantitative estimate of drug-likeness (QED) is 0.773. The second kappa shape index (κ2) is 3.39. The fraction of sp³-hybridized carbons (Fsp3) is 0.111. The van der Waals surface area contributed by atoms with Gasteiger partial charge in [0.05, 0.1) is 12.8 Å². The number of fused-ring (bicyclic) bond motifs is 1. The Balaban J connectivity index is 2.82. The van der Waals surface area contributed by atoms with Crippen LogP contribution in [0.25, 0.3) is 10.2 Å². The van der Waals surface area contributed by atoms with Gasteiger partial charge in [0, 0.05) is 6.07 Å². The number of rotatable bonds is 2. The van der Waals surface area contributed by atoms with E-state index in [0.29, 0.717) is 21.7 Å². The summed E-state index contributed by atoms with van der Waals surface area (Å²) in [6.45, 7) is 0. The number of H-pyrrole nitrogens is 1. The number of methoxy groups -OCH3 is 1. The standard InChI is InChI=1S/C9H9N3O2S/c1-14-4-2-3-12-9-5(4)6(10)7(15-9)8(11)13/h2-3H,10H2,1H3,(H2,11,13)/p+1. The minimum atomic E-state index is -0.524. The first kappa shape index (κ1) is 9.72. The Kier molecular flexibility index (Phi) is 2.20. The maximum atomic E-state index is 11.1. The summed E-state index contributed by atoms with van der Waals surface area (Å²) in [5.74, 6) is 0.106. The zero-order chi connectivity index (χ0) is 11.0. The van der Waals surface area contributed by atoms with E-state index in [1.165, 1.54) is 11.3 Å². The van der Waals surface area contributed by atoms with Crippen molar-refractivity contribution in [1.29, 1.82) is 0 Å². The van der Waals surface area contributed by atoms with Crippen LogP contribution in [0.4, 0.5) is 5.69 Å². The normalized spacial score (nSPS) is 10.5. The van der Waals surface area contributed by atoms with Gasteiger partial charge in [-0.3, -0.25) is 4.79 Å². The predicted molar refractivity (Wildman–Crippen MR) is 57.9 cm³/mol. The molecule has 1 amide bonds. The third-order valence-corrected chi connectivity index (χ3v) is 3.24. The number of carbonyl (C=O) groups excluding carboxylic acids is 1. The summed E-state index contributed by atoms with van der Waals surface area (Å²) in [7, 11) is 1.55. The lowest BCUT2D eigenvalue weighted by atomic mass is 10.2. The molecule has 6 heteroatoms. The van der Waals surface area contributed by atoms with Crippen LogP contribution in [-0.4, -0.2) is 13.0 Å². The second-order valence-corrected chi connectivity index (χ2v) is 3.98. The molecule has 0 aliphatic rings. The molecule has 0 fully saturated rings. The molecule has 0 unspecified atom stereocenters. The molecule has 2 rings (SSSR count). The Bertz CT molecular complexity index is 535. The number of pyridine rings is 1. The van der Waals surface area contributed by atoms with Crippen LogP contribution in [0.15, 0.2) is 12.3 Å². The monoisotopic (exact) mass is 224 g/mol. The minimum absolute atomic E-state index is 0.353. The van der Waals surface area contributed by atoms with Crippen molar-refractivity contribution < 1.29 is 14.5 Å². The van der Waals surface area contributed by atoms with Gasteiger partial charge in [0.1, 0.15) is 16.0 Å². The van der Waals surface area contributed by atoms with E-state index in [9.17, 15) is 4.79 Å². The lowest BCUT2D eigenvalue weighted by Gasteiger charge is -1.98. The van der Waals surface area contributed by atoms with Crippen molar-refractivity contribution in [2.45, 2.75) is 0 Å². The van der Waals surface area contributed by atoms with Gasteiger partial charge >= 0.3 is 0 Å². The molecule has 0 bridgehead atoms. The van der Waals surface area contributed by atoms with Gasteiger partial charge < -0.3 is 16.2 Å². The number of hydrogen-bond donors (Lipinski definition) is 2. The van der Waals surface area contributed by atoms with E-state index < -0.39 is 5.91 Å². The highest BCUT2D eigenvalue weighted by atomic mass is 32.1. The van der Waals surface area contributed by atoms with Crippen LogP contribution in [0.5, 0.6) is 5.75 Å². The van der Waals surface area contributed by atoms with Crippen molar-refractivity contribution in [1.82, 2.24) is 0 Å². The van der Waals surface area contributed by atoms with Crippen molar-refractivity contribution in [3.63, 3.8) is 0 Å². The first-order valence-corrected chi connectivity index (χ1v) is 5.03. The zero-order valence-electron chi connectivity index (χ0n) is 8.03. The number of nitrogens with one attached hydrogen (secondary N) is 1. The number of ether oxygens (including phenoxy) is 1. The van der Waals surface area contributed by atoms with E-state index >= 15 is 0 Å². The zero-order valence-corrected chi connectivity index (χ0v) is 8.85. The molecule has 0 atom stereocenters. The van der Waals surface area contributed by atoms with Gasteiger partial charge in [-0.1, -0.05) is 11.3 Å². The molecule has 2 heterocycles. The highest BCUT2D eigenvalue weighted by Crippen LogP contribution is 2.36. The van der Waals surface area contributed by atoms with Crippen LogP contribution in [0.1, 0.15) is 9.67 Å². The third kappa shape index (κ3) is 1.39. The molecule has 5 nitrogen and oxygen atoms in total. The molecule has 0 radical (unpaired) electrons. The van der Waals surface area contributed by atoms with E-state index in [1.807, 2.05) is 0 Å². The summed E-state index contributed by atoms with van der Waals surface area (Å²) in [5.41, 5.74) is 11.4. The number of primary amides is 1. The minimum Gasteiger partial charge on any atom is -0.496 e. The number of aromatic amines is 1. The van der Waals surface area contributed by atoms with Crippen molar-refractivity contribution >= 4 is 33.1 Å². The summed E-state index contributed by atoms with van der Waals surface area (Å²) >= 11 is 1.23. The van der Waals surface area contributed by atoms with Crippen LogP contribution in [0, 0.1) is 0 Å². The second-order valence-electron chi connectivity index (χ2n) is 2.96. The topological polar surface area (TPSA) is 92.5 Å². The van der Waals surface area contributed by atoms with E-state index in [4.69, 9.17) is 16.2 Å². The van der Waals surface area contributed by atoms with Crippen molar-refractivity contribution in [3.8, 4) is 5.75 Å². The number of aromatic nitrogens is 1. The molecular weight excluding hydrogens is 214 g/mol. The van der Waals surface area contributed by atoms with E-state index in [0.717, 1.165) is 4.83 Å². The molecule has 0 aliphatic heterocycles. The molecule has 15 heavy (non-hydrogen) atoms. The van der Waals surface area contributed by atoms with E-state index in [-0.39, 0.29) is 0 Å². The Morgan fingerprint density at radius 1 is 1.60 bits per heavy atom. The summed E-state index contributed by atoms with van der Waals surface area (Å²) < 4.78 is 5.16. The molecule has 0 aromatic carbocycles. The summed E-state index contributed by atoms with van der Waals surface area (Å²) in [5, 5.41) is 0.707. The molecule has 2 aromatic heterocycles. The van der Waals surface area contributed by atoms with Crippen LogP contribution in [0.3, 0.4) is 0 Å². The van der Waals surface area contributed by atoms with Gasteiger partial charge in [0.2, 0.25) is 0 Å². The average Bonchev–Trinajstić information content (AvgIpc) is 2.56. The van der Waals surface area contributed by atoms with Crippen molar-refractivity contribution in [3.05, 3.63) is 17.1 Å². The predicted octanol–water partition coefficient (Wildman–Crippen LogP) is 0.405. The van der Waals surface area contributed by atoms with Crippen LogP contribution in [0.2, 0.25) is 0 Å². The first-order valence-electron chi connectivity index (χ1n) is 4.21. The number of anilines is 1. The highest BCUT2D eigenvalue weighted by Gasteiger charge is 2.20. The maximum absolute atomic E-state index is 11.1. The molecule has 0 spiro atoms. The van der Waals surface area contributed by atoms with Gasteiger partial charge in [0.15, 0.2) is 6.20 Å². The molecular formula is C9H10N3O2S+. The molecule has 5 N–H and O–H groups in total. The lowest BCUT2D eigenvalue weighted by Crippen LogP contribution is -2.10. The van der Waals surface area contributed by atoms with Gasteiger partial charge in [-0.2, -0.15) is 0 Å². The molecule has 2 aromatic rings. The van der Waals surface area contributed by atoms with E-state index in [2.05, 4.69) is 4.98 Å². The number of carbonyl (C=O) groups is 1. The average molecular weight is 224 g/mol. The Morgan fingerprint density at radius 2 is 2.33 bits per heavy atom. The smallest absolute Gasteiger partial charge is 0.273 e. The SMILES string of the molecule is COc1cc[nH+]c2sc(C(N)=O)c(N)c12. The summed E-state index contributed by atoms with van der Waals surface area (Å²) in [6, 6.07) is 1.75. The molecule has 0 saturated heterocycles. The third-order valence-electron chi connectivity index (χ3n) is 2.08. The number of nitrogens with two attached hydrogens (primary N) is 2.